The Balaban J connectivity index is 1.66. The van der Waals surface area contributed by atoms with E-state index in [0.29, 0.717) is 6.54 Å². The molecule has 6 heteroatoms. The normalized spacial score (nSPS) is 12.1. The van der Waals surface area contributed by atoms with Crippen LogP contribution in [0.1, 0.15) is 24.1 Å². The van der Waals surface area contributed by atoms with Crippen molar-refractivity contribution in [2.24, 2.45) is 0 Å². The highest BCUT2D eigenvalue weighted by Crippen LogP contribution is 2.19. The maximum absolute atomic E-state index is 12.8. The monoisotopic (exact) mass is 349 g/mol. The number of hydrogen-bond acceptors (Lipinski definition) is 4. The second-order valence-corrected chi connectivity index (χ2v) is 6.10. The van der Waals surface area contributed by atoms with Crippen molar-refractivity contribution in [1.29, 1.82) is 0 Å². The minimum Gasteiger partial charge on any atom is -0.350 e. The molecule has 3 aromatic rings. The van der Waals surface area contributed by atoms with Crippen molar-refractivity contribution in [2.45, 2.75) is 19.5 Å². The first-order chi connectivity index (χ1) is 12.7. The summed E-state index contributed by atoms with van der Waals surface area (Å²) in [6, 6.07) is 13.4. The maximum atomic E-state index is 12.8. The third kappa shape index (κ3) is 4.15. The van der Waals surface area contributed by atoms with Crippen LogP contribution in [0.25, 0.3) is 5.82 Å². The highest BCUT2D eigenvalue weighted by Gasteiger charge is 2.23. The molecule has 6 nitrogen and oxygen atoms in total. The molecule has 1 aromatic carbocycles. The number of likely N-dealkylation sites (N-methyl/N-ethyl adjacent to an activating group) is 1. The summed E-state index contributed by atoms with van der Waals surface area (Å²) in [7, 11) is 1.96. The quantitative estimate of drug-likeness (QED) is 0.712. The molecule has 1 unspecified atom stereocenters. The highest BCUT2D eigenvalue weighted by atomic mass is 16.2. The van der Waals surface area contributed by atoms with Crippen LogP contribution in [0.5, 0.6) is 0 Å². The predicted octanol–water partition coefficient (Wildman–Crippen LogP) is 2.58. The lowest BCUT2D eigenvalue weighted by atomic mass is 10.0. The molecule has 0 aliphatic heterocycles. The lowest BCUT2D eigenvalue weighted by Gasteiger charge is -2.26. The Kier molecular flexibility index (Phi) is 5.76. The van der Waals surface area contributed by atoms with Crippen LogP contribution in [0.4, 0.5) is 0 Å². The largest absolute Gasteiger partial charge is 0.350 e. The fraction of sp³-hybridized carbons (Fsp3) is 0.250. The van der Waals surface area contributed by atoms with Gasteiger partial charge in [0.2, 0.25) is 5.91 Å². The number of imidazole rings is 1. The van der Waals surface area contributed by atoms with E-state index in [2.05, 4.69) is 15.3 Å². The van der Waals surface area contributed by atoms with Gasteiger partial charge in [-0.3, -0.25) is 14.3 Å². The molecule has 0 saturated carbocycles. The summed E-state index contributed by atoms with van der Waals surface area (Å²) in [4.78, 5) is 23.2. The van der Waals surface area contributed by atoms with Gasteiger partial charge in [0, 0.05) is 25.1 Å². The zero-order valence-electron chi connectivity index (χ0n) is 15.0. The van der Waals surface area contributed by atoms with Gasteiger partial charge in [-0.15, -0.1) is 0 Å². The lowest BCUT2D eigenvalue weighted by molar-refractivity contribution is -0.126. The zero-order valence-corrected chi connectivity index (χ0v) is 15.0. The third-order valence-electron chi connectivity index (χ3n) is 4.35. The molecule has 2 heterocycles. The molecule has 1 atom stereocenters. The third-order valence-corrected chi connectivity index (χ3v) is 4.35. The molecule has 0 fully saturated rings. The van der Waals surface area contributed by atoms with Crippen LogP contribution in [-0.2, 0) is 11.3 Å². The fourth-order valence-corrected chi connectivity index (χ4v) is 2.78. The Morgan fingerprint density at radius 1 is 1.23 bits per heavy atom. The topological polar surface area (TPSA) is 63.1 Å². The van der Waals surface area contributed by atoms with E-state index in [-0.39, 0.29) is 11.9 Å². The number of rotatable bonds is 7. The van der Waals surface area contributed by atoms with Crippen LogP contribution in [0.15, 0.2) is 67.4 Å². The minimum atomic E-state index is -0.306. The van der Waals surface area contributed by atoms with Gasteiger partial charge in [-0.2, -0.15) is 0 Å². The molecule has 1 N–H and O–H groups in total. The molecular weight excluding hydrogens is 326 g/mol. The van der Waals surface area contributed by atoms with Crippen LogP contribution in [-0.4, -0.2) is 38.9 Å². The van der Waals surface area contributed by atoms with Gasteiger partial charge < -0.3 is 5.32 Å². The smallest absolute Gasteiger partial charge is 0.242 e. The predicted molar refractivity (Wildman–Crippen MR) is 101 cm³/mol. The zero-order chi connectivity index (χ0) is 18.4. The number of benzene rings is 1. The molecule has 2 aromatic heterocycles. The Labute approximate surface area is 153 Å². The Morgan fingerprint density at radius 2 is 2.04 bits per heavy atom. The van der Waals surface area contributed by atoms with Crippen LogP contribution < -0.4 is 5.32 Å². The van der Waals surface area contributed by atoms with Crippen molar-refractivity contribution in [2.75, 3.05) is 13.6 Å². The summed E-state index contributed by atoms with van der Waals surface area (Å²) < 4.78 is 1.84. The van der Waals surface area contributed by atoms with E-state index in [4.69, 9.17) is 0 Å². The summed E-state index contributed by atoms with van der Waals surface area (Å²) in [5.74, 6) is 0.782. The van der Waals surface area contributed by atoms with E-state index in [1.54, 1.807) is 18.7 Å². The molecule has 0 aliphatic rings. The number of aromatic nitrogens is 3. The molecule has 0 radical (unpaired) electrons. The van der Waals surface area contributed by atoms with Crippen molar-refractivity contribution in [3.63, 3.8) is 0 Å². The van der Waals surface area contributed by atoms with Gasteiger partial charge in [-0.05, 0) is 30.8 Å². The van der Waals surface area contributed by atoms with Gasteiger partial charge in [-0.25, -0.2) is 9.97 Å². The Bertz CT molecular complexity index is 815. The Morgan fingerprint density at radius 3 is 2.65 bits per heavy atom. The van der Waals surface area contributed by atoms with Crippen molar-refractivity contribution in [1.82, 2.24) is 24.8 Å². The molecule has 0 aliphatic carbocycles. The number of carbonyl (C=O) groups excluding carboxylic acids is 1. The van der Waals surface area contributed by atoms with Crippen LogP contribution >= 0.6 is 0 Å². The van der Waals surface area contributed by atoms with E-state index in [9.17, 15) is 4.79 Å². The van der Waals surface area contributed by atoms with Gasteiger partial charge in [0.15, 0.2) is 0 Å². The first-order valence-electron chi connectivity index (χ1n) is 8.65. The first-order valence-corrected chi connectivity index (χ1v) is 8.65. The van der Waals surface area contributed by atoms with Crippen LogP contribution in [0, 0.1) is 0 Å². The van der Waals surface area contributed by atoms with Crippen molar-refractivity contribution >= 4 is 5.91 Å². The Hall–Kier alpha value is -2.99. The SMILES string of the molecule is CCN(C)C(C(=O)NCc1ccc(-n2ccnc2)nc1)c1ccccc1. The molecule has 3 rings (SSSR count). The van der Waals surface area contributed by atoms with E-state index in [1.807, 2.05) is 72.1 Å². The number of nitrogens with one attached hydrogen (secondary N) is 1. The molecular formula is C20H23N5O. The summed E-state index contributed by atoms with van der Waals surface area (Å²) in [5.41, 5.74) is 1.94. The van der Waals surface area contributed by atoms with Crippen molar-refractivity contribution < 1.29 is 4.79 Å². The second-order valence-electron chi connectivity index (χ2n) is 6.10. The van der Waals surface area contributed by atoms with E-state index in [1.165, 1.54) is 0 Å². The molecule has 0 spiro atoms. The number of amides is 1. The van der Waals surface area contributed by atoms with Gasteiger partial charge in [0.05, 0.1) is 0 Å². The molecule has 26 heavy (non-hydrogen) atoms. The maximum Gasteiger partial charge on any atom is 0.242 e. The van der Waals surface area contributed by atoms with Crippen LogP contribution in [0.3, 0.4) is 0 Å². The standard InChI is InChI=1S/C20H23N5O/c1-3-24(2)19(17-7-5-4-6-8-17)20(26)23-14-16-9-10-18(22-13-16)25-12-11-21-15-25/h4-13,15,19H,3,14H2,1-2H3,(H,23,26). The van der Waals surface area contributed by atoms with Gasteiger partial charge in [-0.1, -0.05) is 43.3 Å². The molecule has 134 valence electrons. The number of nitrogens with zero attached hydrogens (tertiary/aromatic N) is 4. The number of pyridine rings is 1. The molecule has 0 bridgehead atoms. The summed E-state index contributed by atoms with van der Waals surface area (Å²) >= 11 is 0. The lowest BCUT2D eigenvalue weighted by Crippen LogP contribution is -2.38. The average Bonchev–Trinajstić information content (AvgIpc) is 3.22. The van der Waals surface area contributed by atoms with Gasteiger partial charge in [0.1, 0.15) is 18.2 Å². The van der Waals surface area contributed by atoms with E-state index < -0.39 is 0 Å². The fourth-order valence-electron chi connectivity index (χ4n) is 2.78. The van der Waals surface area contributed by atoms with E-state index >= 15 is 0 Å². The summed E-state index contributed by atoms with van der Waals surface area (Å²) in [6.45, 7) is 3.27. The number of hydrogen-bond donors (Lipinski definition) is 1. The van der Waals surface area contributed by atoms with Crippen LogP contribution in [0.2, 0.25) is 0 Å². The first kappa shape index (κ1) is 17.8. The second kappa shape index (κ2) is 8.40. The highest BCUT2D eigenvalue weighted by molar-refractivity contribution is 5.83. The molecule has 1 amide bonds. The van der Waals surface area contributed by atoms with Gasteiger partial charge >= 0.3 is 0 Å². The minimum absolute atomic E-state index is 0.0146. The van der Waals surface area contributed by atoms with E-state index in [0.717, 1.165) is 23.5 Å². The summed E-state index contributed by atoms with van der Waals surface area (Å²) in [6.07, 6.45) is 7.03. The average molecular weight is 349 g/mol. The van der Waals surface area contributed by atoms with Gasteiger partial charge in [0.25, 0.3) is 0 Å². The number of carbonyl (C=O) groups is 1. The molecule has 0 saturated heterocycles. The van der Waals surface area contributed by atoms with Crippen molar-refractivity contribution in [3.8, 4) is 5.82 Å². The van der Waals surface area contributed by atoms with Crippen molar-refractivity contribution in [3.05, 3.63) is 78.5 Å². The summed E-state index contributed by atoms with van der Waals surface area (Å²) in [5, 5.41) is 3.03.